The zero-order valence-corrected chi connectivity index (χ0v) is 24.2. The molecule has 0 unspecified atom stereocenters. The van der Waals surface area contributed by atoms with Gasteiger partial charge in [-0.05, 0) is 86.6 Å². The smallest absolute Gasteiger partial charge is 0.322 e. The fourth-order valence-electron chi connectivity index (χ4n) is 4.95. The van der Waals surface area contributed by atoms with Crippen LogP contribution < -0.4 is 15.6 Å². The molecule has 0 bridgehead atoms. The van der Waals surface area contributed by atoms with Gasteiger partial charge in [0.05, 0.1) is 21.6 Å². The second-order valence-electron chi connectivity index (χ2n) is 10.2. The monoisotopic (exact) mass is 565 g/mol. The number of fused-ring (bicyclic) bond motifs is 1. The van der Waals surface area contributed by atoms with Crippen LogP contribution in [0.5, 0.6) is 0 Å². The summed E-state index contributed by atoms with van der Waals surface area (Å²) in [5.74, 6) is -0.297. The summed E-state index contributed by atoms with van der Waals surface area (Å²) in [5, 5.41) is 13.5. The van der Waals surface area contributed by atoms with E-state index in [1.165, 1.54) is 0 Å². The quantitative estimate of drug-likeness (QED) is 0.311. The lowest BCUT2D eigenvalue weighted by atomic mass is 9.95. The van der Waals surface area contributed by atoms with Crippen molar-refractivity contribution in [3.8, 4) is 0 Å². The van der Waals surface area contributed by atoms with Gasteiger partial charge in [0.1, 0.15) is 11.9 Å². The molecule has 0 aliphatic carbocycles. The van der Waals surface area contributed by atoms with Crippen LogP contribution in [0.1, 0.15) is 52.0 Å². The number of nitrogens with zero attached hydrogens (tertiary/aromatic N) is 2. The van der Waals surface area contributed by atoms with Crippen molar-refractivity contribution < 1.29 is 18.3 Å². The molecule has 0 saturated carbocycles. The molecular weight excluding hydrogens is 530 g/mol. The number of carbonyl (C=O) groups is 1. The number of carboxylic acid groups (broad SMARTS) is 1. The summed E-state index contributed by atoms with van der Waals surface area (Å²) in [4.78, 5) is 36.5. The molecule has 0 fully saturated rings. The SMILES string of the molecule is Cc1c(C)c(C)c(S(=O)(=O)N[C@@H](Cc2nc3ccc(/C=C/CNC4=NCCC4)cc3c(=O)[nH]2)C(=O)O)c(C)c1C. The van der Waals surface area contributed by atoms with E-state index in [4.69, 9.17) is 0 Å². The number of carboxylic acids is 1. The first kappa shape index (κ1) is 29.2. The van der Waals surface area contributed by atoms with Crippen LogP contribution in [0.4, 0.5) is 0 Å². The summed E-state index contributed by atoms with van der Waals surface area (Å²) in [6.07, 6.45) is 5.53. The molecule has 4 rings (SSSR count). The van der Waals surface area contributed by atoms with E-state index < -0.39 is 27.6 Å². The highest BCUT2D eigenvalue weighted by Crippen LogP contribution is 2.29. The lowest BCUT2D eigenvalue weighted by Gasteiger charge is -2.21. The molecule has 0 radical (unpaired) electrons. The second kappa shape index (κ2) is 11.7. The maximum Gasteiger partial charge on any atom is 0.322 e. The third-order valence-corrected chi connectivity index (χ3v) is 9.32. The number of nitrogens with one attached hydrogen (secondary N) is 3. The van der Waals surface area contributed by atoms with E-state index in [1.807, 2.05) is 39.0 Å². The van der Waals surface area contributed by atoms with E-state index in [2.05, 4.69) is 25.0 Å². The summed E-state index contributed by atoms with van der Waals surface area (Å²) < 4.78 is 29.1. The van der Waals surface area contributed by atoms with Crippen molar-refractivity contribution in [3.63, 3.8) is 0 Å². The Bertz CT molecular complexity index is 1680. The zero-order chi connectivity index (χ0) is 29.2. The Hall–Kier alpha value is -3.83. The van der Waals surface area contributed by atoms with Gasteiger partial charge in [-0.1, -0.05) is 18.2 Å². The van der Waals surface area contributed by atoms with E-state index in [0.29, 0.717) is 28.6 Å². The zero-order valence-electron chi connectivity index (χ0n) is 23.4. The Labute approximate surface area is 233 Å². The lowest BCUT2D eigenvalue weighted by molar-refractivity contribution is -0.139. The van der Waals surface area contributed by atoms with Crippen LogP contribution in [-0.4, -0.2) is 54.4 Å². The molecule has 1 aromatic heterocycles. The minimum absolute atomic E-state index is 0.0714. The van der Waals surface area contributed by atoms with Crippen molar-refractivity contribution in [1.29, 1.82) is 0 Å². The number of hydrogen-bond donors (Lipinski definition) is 4. The molecular formula is C29H35N5O5S. The van der Waals surface area contributed by atoms with Crippen LogP contribution in [0.2, 0.25) is 0 Å². The molecule has 1 aliphatic heterocycles. The van der Waals surface area contributed by atoms with E-state index in [9.17, 15) is 23.1 Å². The summed E-state index contributed by atoms with van der Waals surface area (Å²) in [6, 6.07) is 3.67. The average Bonchev–Trinajstić information content (AvgIpc) is 3.42. The first-order valence-corrected chi connectivity index (χ1v) is 14.7. The molecule has 212 valence electrons. The van der Waals surface area contributed by atoms with E-state index >= 15 is 0 Å². The van der Waals surface area contributed by atoms with Gasteiger partial charge in [0.25, 0.3) is 5.56 Å². The van der Waals surface area contributed by atoms with Gasteiger partial charge in [-0.3, -0.25) is 14.6 Å². The van der Waals surface area contributed by atoms with Gasteiger partial charge < -0.3 is 15.4 Å². The van der Waals surface area contributed by atoms with Crippen LogP contribution in [0.25, 0.3) is 17.0 Å². The second-order valence-corrected chi connectivity index (χ2v) is 11.8. The predicted octanol–water partition coefficient (Wildman–Crippen LogP) is 3.23. The van der Waals surface area contributed by atoms with Crippen molar-refractivity contribution in [2.75, 3.05) is 13.1 Å². The molecule has 1 aliphatic rings. The van der Waals surface area contributed by atoms with Gasteiger partial charge in [-0.15, -0.1) is 0 Å². The minimum atomic E-state index is -4.19. The van der Waals surface area contributed by atoms with E-state index in [0.717, 1.165) is 47.5 Å². The maximum absolute atomic E-state index is 13.4. The minimum Gasteiger partial charge on any atom is -0.480 e. The number of sulfonamides is 1. The summed E-state index contributed by atoms with van der Waals surface area (Å²) in [7, 11) is -4.19. The Morgan fingerprint density at radius 2 is 1.77 bits per heavy atom. The number of aromatic nitrogens is 2. The molecule has 11 heteroatoms. The number of amidine groups is 1. The van der Waals surface area contributed by atoms with Crippen LogP contribution in [0.15, 0.2) is 39.0 Å². The number of aromatic amines is 1. The summed E-state index contributed by atoms with van der Waals surface area (Å²) >= 11 is 0. The van der Waals surface area contributed by atoms with Gasteiger partial charge in [0.2, 0.25) is 10.0 Å². The summed E-state index contributed by atoms with van der Waals surface area (Å²) in [6.45, 7) is 10.5. The number of aliphatic imine (C=N–C) groups is 1. The normalized spacial score (nSPS) is 14.6. The number of benzene rings is 2. The third kappa shape index (κ3) is 6.15. The molecule has 1 atom stereocenters. The highest BCUT2D eigenvalue weighted by Gasteiger charge is 2.30. The topological polar surface area (TPSA) is 154 Å². The van der Waals surface area contributed by atoms with Crippen LogP contribution in [-0.2, 0) is 21.2 Å². The number of H-pyrrole nitrogens is 1. The van der Waals surface area contributed by atoms with Crippen molar-refractivity contribution in [2.24, 2.45) is 4.99 Å². The van der Waals surface area contributed by atoms with Crippen molar-refractivity contribution >= 4 is 38.8 Å². The largest absolute Gasteiger partial charge is 0.480 e. The maximum atomic E-state index is 13.4. The lowest BCUT2D eigenvalue weighted by Crippen LogP contribution is -2.43. The number of rotatable bonds is 9. The highest BCUT2D eigenvalue weighted by atomic mass is 32.2. The van der Waals surface area contributed by atoms with Crippen molar-refractivity contribution in [1.82, 2.24) is 20.0 Å². The Kier molecular flexibility index (Phi) is 8.55. The third-order valence-electron chi connectivity index (χ3n) is 7.58. The average molecular weight is 566 g/mol. The molecule has 0 saturated heterocycles. The van der Waals surface area contributed by atoms with Gasteiger partial charge in [-0.25, -0.2) is 13.4 Å². The van der Waals surface area contributed by atoms with Gasteiger partial charge in [0, 0.05) is 25.9 Å². The fourth-order valence-corrected chi connectivity index (χ4v) is 6.74. The fraction of sp³-hybridized carbons (Fsp3) is 0.379. The van der Waals surface area contributed by atoms with Crippen LogP contribution >= 0.6 is 0 Å². The molecule has 10 nitrogen and oxygen atoms in total. The highest BCUT2D eigenvalue weighted by molar-refractivity contribution is 7.89. The van der Waals surface area contributed by atoms with Crippen molar-refractivity contribution in [3.05, 3.63) is 73.8 Å². The van der Waals surface area contributed by atoms with E-state index in [1.54, 1.807) is 26.0 Å². The first-order chi connectivity index (χ1) is 18.9. The Balaban J connectivity index is 1.55. The predicted molar refractivity (Wildman–Crippen MR) is 157 cm³/mol. The first-order valence-electron chi connectivity index (χ1n) is 13.2. The van der Waals surface area contributed by atoms with Gasteiger partial charge >= 0.3 is 5.97 Å². The number of hydrogen-bond acceptors (Lipinski definition) is 7. The molecule has 4 N–H and O–H groups in total. The van der Waals surface area contributed by atoms with Gasteiger partial charge in [0.15, 0.2) is 0 Å². The molecule has 3 aromatic rings. The Morgan fingerprint density at radius 3 is 2.40 bits per heavy atom. The van der Waals surface area contributed by atoms with Gasteiger partial charge in [-0.2, -0.15) is 4.72 Å². The number of aliphatic carboxylic acids is 1. The molecule has 2 aromatic carbocycles. The standard InChI is InChI=1S/C29H35N5O5S/c1-16-17(2)19(4)27(20(5)18(16)3)40(38,39)34-24(29(36)37)15-26-32-23-11-10-21(14-22(23)28(35)33-26)8-6-12-30-25-9-7-13-31-25/h6,8,10-11,14,24,34H,7,9,12-13,15H2,1-5H3,(H,30,31)(H,36,37)(H,32,33,35)/b8-6+/t24-/m0/s1. The van der Waals surface area contributed by atoms with Crippen LogP contribution in [0, 0.1) is 34.6 Å². The summed E-state index contributed by atoms with van der Waals surface area (Å²) in [5.41, 5.74) is 4.58. The van der Waals surface area contributed by atoms with Crippen molar-refractivity contribution in [2.45, 2.75) is 64.8 Å². The molecule has 40 heavy (non-hydrogen) atoms. The molecule has 0 spiro atoms. The Morgan fingerprint density at radius 1 is 1.10 bits per heavy atom. The van der Waals surface area contributed by atoms with Crippen LogP contribution in [0.3, 0.4) is 0 Å². The molecule has 2 heterocycles. The molecule has 0 amide bonds. The van der Waals surface area contributed by atoms with E-state index in [-0.39, 0.29) is 17.1 Å².